The Labute approximate surface area is 113 Å². The first-order chi connectivity index (χ1) is 9.18. The minimum absolute atomic E-state index is 0.0726. The van der Waals surface area contributed by atoms with Gasteiger partial charge in [0.15, 0.2) is 0 Å². The minimum Gasteiger partial charge on any atom is -0.481 e. The number of nitrogens with zero attached hydrogens (tertiary/aromatic N) is 1. The number of rotatable bonds is 2. The van der Waals surface area contributed by atoms with Gasteiger partial charge >= 0.3 is 5.97 Å². The van der Waals surface area contributed by atoms with Crippen LogP contribution in [0.3, 0.4) is 0 Å². The number of carboxylic acids is 1. The quantitative estimate of drug-likeness (QED) is 0.774. The van der Waals surface area contributed by atoms with Crippen molar-refractivity contribution in [2.75, 3.05) is 13.1 Å². The van der Waals surface area contributed by atoms with Crippen molar-refractivity contribution in [2.45, 2.75) is 32.1 Å². The fourth-order valence-corrected chi connectivity index (χ4v) is 4.00. The fourth-order valence-electron chi connectivity index (χ4n) is 4.00. The molecule has 4 nitrogen and oxygen atoms in total. The normalized spacial score (nSPS) is 37.4. The molecule has 1 aliphatic heterocycles. The van der Waals surface area contributed by atoms with Crippen LogP contribution in [0.15, 0.2) is 12.2 Å². The predicted molar refractivity (Wildman–Crippen MR) is 70.4 cm³/mol. The molecule has 4 heteroatoms. The van der Waals surface area contributed by atoms with Crippen LogP contribution in [0.4, 0.5) is 0 Å². The monoisotopic (exact) mass is 263 g/mol. The van der Waals surface area contributed by atoms with E-state index in [1.54, 1.807) is 0 Å². The Balaban J connectivity index is 1.78. The van der Waals surface area contributed by atoms with Crippen LogP contribution in [0.5, 0.6) is 0 Å². The molecule has 2 aliphatic carbocycles. The third kappa shape index (κ3) is 2.17. The molecule has 0 radical (unpaired) electrons. The molecule has 4 unspecified atom stereocenters. The van der Waals surface area contributed by atoms with Gasteiger partial charge in [-0.15, -0.1) is 0 Å². The number of aliphatic carboxylic acids is 1. The molecule has 0 aromatic carbocycles. The Morgan fingerprint density at radius 3 is 2.11 bits per heavy atom. The van der Waals surface area contributed by atoms with E-state index in [9.17, 15) is 14.7 Å². The van der Waals surface area contributed by atoms with Gasteiger partial charge in [-0.25, -0.2) is 0 Å². The predicted octanol–water partition coefficient (Wildman–Crippen LogP) is 1.91. The summed E-state index contributed by atoms with van der Waals surface area (Å²) in [4.78, 5) is 26.1. The molecule has 3 rings (SSSR count). The Bertz CT molecular complexity index is 410. The number of allylic oxidation sites excluding steroid dienone is 2. The van der Waals surface area contributed by atoms with Gasteiger partial charge < -0.3 is 10.0 Å². The van der Waals surface area contributed by atoms with Crippen LogP contribution in [-0.4, -0.2) is 35.0 Å². The average Bonchev–Trinajstić information content (AvgIpc) is 2.89. The smallest absolute Gasteiger partial charge is 0.307 e. The zero-order chi connectivity index (χ0) is 13.4. The van der Waals surface area contributed by atoms with Crippen molar-refractivity contribution in [2.24, 2.45) is 23.7 Å². The largest absolute Gasteiger partial charge is 0.481 e. The molecular weight excluding hydrogens is 242 g/mol. The summed E-state index contributed by atoms with van der Waals surface area (Å²) in [6.45, 7) is 1.62. The van der Waals surface area contributed by atoms with Gasteiger partial charge in [-0.1, -0.05) is 25.0 Å². The first-order valence-electron chi connectivity index (χ1n) is 7.38. The third-order valence-corrected chi connectivity index (χ3v) is 4.95. The van der Waals surface area contributed by atoms with Crippen LogP contribution < -0.4 is 0 Å². The van der Waals surface area contributed by atoms with Gasteiger partial charge in [0.1, 0.15) is 0 Å². The Morgan fingerprint density at radius 2 is 1.53 bits per heavy atom. The van der Waals surface area contributed by atoms with Crippen LogP contribution in [0.2, 0.25) is 0 Å². The summed E-state index contributed by atoms with van der Waals surface area (Å²) in [5.41, 5.74) is 0. The van der Waals surface area contributed by atoms with Crippen LogP contribution in [-0.2, 0) is 9.59 Å². The molecule has 104 valence electrons. The molecular formula is C15H21NO3. The summed E-state index contributed by atoms with van der Waals surface area (Å²) in [7, 11) is 0. The third-order valence-electron chi connectivity index (χ3n) is 4.95. The van der Waals surface area contributed by atoms with Gasteiger partial charge in [0.05, 0.1) is 11.8 Å². The van der Waals surface area contributed by atoms with Crippen LogP contribution >= 0.6 is 0 Å². The molecule has 0 aromatic rings. The van der Waals surface area contributed by atoms with Crippen molar-refractivity contribution in [1.82, 2.24) is 4.90 Å². The highest BCUT2D eigenvalue weighted by Crippen LogP contribution is 2.48. The molecule has 0 aromatic heterocycles. The molecule has 2 bridgehead atoms. The van der Waals surface area contributed by atoms with Gasteiger partial charge in [0.25, 0.3) is 0 Å². The topological polar surface area (TPSA) is 57.6 Å². The highest BCUT2D eigenvalue weighted by molar-refractivity contribution is 5.87. The highest BCUT2D eigenvalue weighted by Gasteiger charge is 2.52. The van der Waals surface area contributed by atoms with Crippen LogP contribution in [0.1, 0.15) is 32.1 Å². The maximum absolute atomic E-state index is 12.7. The van der Waals surface area contributed by atoms with E-state index in [1.807, 2.05) is 11.0 Å². The molecule has 1 saturated carbocycles. The lowest BCUT2D eigenvalue weighted by atomic mass is 9.82. The number of hydrogen-bond acceptors (Lipinski definition) is 2. The second kappa shape index (κ2) is 4.99. The lowest BCUT2D eigenvalue weighted by Crippen LogP contribution is -2.43. The van der Waals surface area contributed by atoms with Gasteiger partial charge in [-0.05, 0) is 31.1 Å². The van der Waals surface area contributed by atoms with E-state index >= 15 is 0 Å². The highest BCUT2D eigenvalue weighted by atomic mass is 16.4. The van der Waals surface area contributed by atoms with Gasteiger partial charge in [-0.3, -0.25) is 9.59 Å². The molecule has 2 fully saturated rings. The minimum atomic E-state index is -0.801. The number of amides is 1. The van der Waals surface area contributed by atoms with Crippen LogP contribution in [0.25, 0.3) is 0 Å². The zero-order valence-corrected chi connectivity index (χ0v) is 11.1. The van der Waals surface area contributed by atoms with Crippen molar-refractivity contribution >= 4 is 11.9 Å². The summed E-state index contributed by atoms with van der Waals surface area (Å²) >= 11 is 0. The van der Waals surface area contributed by atoms with E-state index < -0.39 is 11.9 Å². The van der Waals surface area contributed by atoms with E-state index in [-0.39, 0.29) is 23.7 Å². The number of carbonyl (C=O) groups is 2. The summed E-state index contributed by atoms with van der Waals surface area (Å²) in [5, 5.41) is 9.40. The number of carboxylic acid groups (broad SMARTS) is 1. The lowest BCUT2D eigenvalue weighted by Gasteiger charge is -2.30. The number of likely N-dealkylation sites (tertiary alicyclic amines) is 1. The van der Waals surface area contributed by atoms with E-state index in [0.29, 0.717) is 0 Å². The molecule has 1 amide bonds. The van der Waals surface area contributed by atoms with Crippen molar-refractivity contribution < 1.29 is 14.7 Å². The fraction of sp³-hybridized carbons (Fsp3) is 0.733. The van der Waals surface area contributed by atoms with E-state index in [0.717, 1.165) is 32.4 Å². The summed E-state index contributed by atoms with van der Waals surface area (Å²) in [5.74, 6) is -1.29. The summed E-state index contributed by atoms with van der Waals surface area (Å²) < 4.78 is 0. The maximum atomic E-state index is 12.7. The second-order valence-corrected chi connectivity index (χ2v) is 6.08. The Kier molecular flexibility index (Phi) is 3.33. The molecule has 3 aliphatic rings. The van der Waals surface area contributed by atoms with Gasteiger partial charge in [0, 0.05) is 13.1 Å². The molecule has 0 spiro atoms. The van der Waals surface area contributed by atoms with Crippen LogP contribution in [0, 0.1) is 23.7 Å². The lowest BCUT2D eigenvalue weighted by molar-refractivity contribution is -0.151. The van der Waals surface area contributed by atoms with E-state index in [1.165, 1.54) is 12.8 Å². The average molecular weight is 263 g/mol. The Hall–Kier alpha value is -1.32. The SMILES string of the molecule is O=C(O)C1C2C=CC(C2)C1C(=O)N1CCCCCC1. The van der Waals surface area contributed by atoms with Crippen molar-refractivity contribution in [3.63, 3.8) is 0 Å². The Morgan fingerprint density at radius 1 is 0.947 bits per heavy atom. The molecule has 19 heavy (non-hydrogen) atoms. The number of hydrogen-bond donors (Lipinski definition) is 1. The van der Waals surface area contributed by atoms with Crippen molar-refractivity contribution in [3.05, 3.63) is 12.2 Å². The summed E-state index contributed by atoms with van der Waals surface area (Å²) in [6.07, 6.45) is 9.38. The van der Waals surface area contributed by atoms with E-state index in [2.05, 4.69) is 6.08 Å². The summed E-state index contributed by atoms with van der Waals surface area (Å²) in [6, 6.07) is 0. The maximum Gasteiger partial charge on any atom is 0.307 e. The number of fused-ring (bicyclic) bond motifs is 2. The van der Waals surface area contributed by atoms with Crippen molar-refractivity contribution in [3.8, 4) is 0 Å². The second-order valence-electron chi connectivity index (χ2n) is 6.08. The van der Waals surface area contributed by atoms with Crippen molar-refractivity contribution in [1.29, 1.82) is 0 Å². The van der Waals surface area contributed by atoms with Gasteiger partial charge in [0.2, 0.25) is 5.91 Å². The number of carbonyl (C=O) groups excluding carboxylic acids is 1. The first kappa shape index (κ1) is 12.7. The molecule has 4 atom stereocenters. The van der Waals surface area contributed by atoms with E-state index in [4.69, 9.17) is 0 Å². The zero-order valence-electron chi connectivity index (χ0n) is 11.1. The molecule has 1 N–H and O–H groups in total. The molecule has 1 saturated heterocycles. The molecule has 1 heterocycles. The van der Waals surface area contributed by atoms with Gasteiger partial charge in [-0.2, -0.15) is 0 Å². The first-order valence-corrected chi connectivity index (χ1v) is 7.38. The standard InChI is InChI=1S/C15H21NO3/c17-14(16-7-3-1-2-4-8-16)12-10-5-6-11(9-10)13(12)15(18)19/h5-6,10-13H,1-4,7-9H2,(H,18,19).